The fourth-order valence-corrected chi connectivity index (χ4v) is 3.97. The van der Waals surface area contributed by atoms with Gasteiger partial charge in [-0.3, -0.25) is 14.7 Å². The third-order valence-electron chi connectivity index (χ3n) is 4.56. The third-order valence-corrected chi connectivity index (χ3v) is 4.56. The van der Waals surface area contributed by atoms with E-state index in [4.69, 9.17) is 0 Å². The van der Waals surface area contributed by atoms with E-state index in [-0.39, 0.29) is 0 Å². The van der Waals surface area contributed by atoms with Crippen LogP contribution in [0.3, 0.4) is 0 Å². The predicted molar refractivity (Wildman–Crippen MR) is 74.2 cm³/mol. The van der Waals surface area contributed by atoms with Gasteiger partial charge in [0.05, 0.1) is 25.5 Å². The molecule has 0 spiro atoms. The second-order valence-electron chi connectivity index (χ2n) is 6.53. The molecule has 104 valence electrons. The first kappa shape index (κ1) is 12.9. The summed E-state index contributed by atoms with van der Waals surface area (Å²) in [7, 11) is 0. The molecule has 4 fully saturated rings. The van der Waals surface area contributed by atoms with Crippen LogP contribution < -0.4 is 5.32 Å². The van der Waals surface area contributed by atoms with Gasteiger partial charge in [-0.05, 0) is 13.0 Å². The topological polar surface area (TPSA) is 21.8 Å². The Bertz CT molecular complexity index is 244. The average molecular weight is 252 g/mol. The van der Waals surface area contributed by atoms with E-state index in [1.165, 1.54) is 78.3 Å². The van der Waals surface area contributed by atoms with Crippen LogP contribution in [-0.2, 0) is 0 Å². The molecule has 0 aliphatic carbocycles. The van der Waals surface area contributed by atoms with Crippen LogP contribution in [0, 0.1) is 0 Å². The van der Waals surface area contributed by atoms with Gasteiger partial charge in [-0.2, -0.15) is 0 Å². The Morgan fingerprint density at radius 3 is 1.94 bits per heavy atom. The zero-order valence-electron chi connectivity index (χ0n) is 11.8. The SMILES string of the molecule is CCCCCCCNC12CN3CN(CN(C3)C1)C2. The summed E-state index contributed by atoms with van der Waals surface area (Å²) < 4.78 is 0. The van der Waals surface area contributed by atoms with Crippen molar-refractivity contribution in [3.05, 3.63) is 0 Å². The van der Waals surface area contributed by atoms with Crippen LogP contribution >= 0.6 is 0 Å². The number of nitrogens with zero attached hydrogens (tertiary/aromatic N) is 3. The summed E-state index contributed by atoms with van der Waals surface area (Å²) in [6.07, 6.45) is 6.90. The van der Waals surface area contributed by atoms with Crippen molar-refractivity contribution < 1.29 is 0 Å². The van der Waals surface area contributed by atoms with Gasteiger partial charge in [0.2, 0.25) is 0 Å². The minimum absolute atomic E-state index is 0.375. The Balaban J connectivity index is 1.42. The highest BCUT2D eigenvalue weighted by Crippen LogP contribution is 2.28. The highest BCUT2D eigenvalue weighted by atomic mass is 15.6. The van der Waals surface area contributed by atoms with Gasteiger partial charge in [-0.25, -0.2) is 0 Å². The highest BCUT2D eigenvalue weighted by Gasteiger charge is 2.47. The lowest BCUT2D eigenvalue weighted by Crippen LogP contribution is -2.79. The lowest BCUT2D eigenvalue weighted by molar-refractivity contribution is -0.149. The highest BCUT2D eigenvalue weighted by molar-refractivity contribution is 5.05. The molecule has 0 aromatic rings. The van der Waals surface area contributed by atoms with Gasteiger partial charge in [0, 0.05) is 19.6 Å². The van der Waals surface area contributed by atoms with Crippen molar-refractivity contribution in [1.82, 2.24) is 20.0 Å². The van der Waals surface area contributed by atoms with Crippen molar-refractivity contribution in [2.75, 3.05) is 46.2 Å². The fourth-order valence-electron chi connectivity index (χ4n) is 3.97. The molecule has 4 heterocycles. The van der Waals surface area contributed by atoms with E-state index < -0.39 is 0 Å². The Hall–Kier alpha value is -0.160. The molecule has 0 aromatic heterocycles. The quantitative estimate of drug-likeness (QED) is 0.685. The normalized spacial score (nSPS) is 41.5. The van der Waals surface area contributed by atoms with Gasteiger partial charge in [-0.15, -0.1) is 0 Å². The van der Waals surface area contributed by atoms with E-state index in [0.29, 0.717) is 5.54 Å². The molecule has 4 aliphatic heterocycles. The molecule has 4 rings (SSSR count). The van der Waals surface area contributed by atoms with Crippen molar-refractivity contribution >= 4 is 0 Å². The van der Waals surface area contributed by atoms with Gasteiger partial charge < -0.3 is 5.32 Å². The molecule has 4 bridgehead atoms. The number of nitrogens with one attached hydrogen (secondary N) is 1. The van der Waals surface area contributed by atoms with Gasteiger partial charge >= 0.3 is 0 Å². The van der Waals surface area contributed by atoms with E-state index >= 15 is 0 Å². The van der Waals surface area contributed by atoms with Crippen molar-refractivity contribution in [3.8, 4) is 0 Å². The number of hydrogen-bond donors (Lipinski definition) is 1. The summed E-state index contributed by atoms with van der Waals surface area (Å²) in [4.78, 5) is 7.75. The van der Waals surface area contributed by atoms with Crippen LogP contribution in [0.4, 0.5) is 0 Å². The van der Waals surface area contributed by atoms with E-state index in [9.17, 15) is 0 Å². The van der Waals surface area contributed by atoms with Crippen LogP contribution in [0.1, 0.15) is 39.0 Å². The van der Waals surface area contributed by atoms with Crippen LogP contribution in [0.15, 0.2) is 0 Å². The van der Waals surface area contributed by atoms with Crippen molar-refractivity contribution in [1.29, 1.82) is 0 Å². The fraction of sp³-hybridized carbons (Fsp3) is 1.00. The van der Waals surface area contributed by atoms with E-state index in [1.54, 1.807) is 0 Å². The maximum Gasteiger partial charge on any atom is 0.0569 e. The summed E-state index contributed by atoms with van der Waals surface area (Å²) in [6, 6.07) is 0. The van der Waals surface area contributed by atoms with Crippen LogP contribution in [0.25, 0.3) is 0 Å². The molecule has 4 heteroatoms. The van der Waals surface area contributed by atoms with Gasteiger partial charge in [-0.1, -0.05) is 32.6 Å². The summed E-state index contributed by atoms with van der Waals surface area (Å²) in [6.45, 7) is 10.8. The Morgan fingerprint density at radius 1 is 0.833 bits per heavy atom. The first-order valence-electron chi connectivity index (χ1n) is 7.72. The van der Waals surface area contributed by atoms with Crippen molar-refractivity contribution in [2.24, 2.45) is 0 Å². The molecule has 0 atom stereocenters. The predicted octanol–water partition coefficient (Wildman–Crippen LogP) is 1.10. The molecule has 4 saturated heterocycles. The number of unbranched alkanes of at least 4 members (excludes halogenated alkanes) is 4. The van der Waals surface area contributed by atoms with E-state index in [2.05, 4.69) is 26.9 Å². The molecule has 4 aliphatic rings. The van der Waals surface area contributed by atoms with Crippen molar-refractivity contribution in [3.63, 3.8) is 0 Å². The zero-order chi connectivity index (χ0) is 12.4. The monoisotopic (exact) mass is 252 g/mol. The molecular weight excluding hydrogens is 224 g/mol. The minimum Gasteiger partial charge on any atom is -0.308 e. The summed E-state index contributed by atoms with van der Waals surface area (Å²) in [5, 5.41) is 3.88. The zero-order valence-corrected chi connectivity index (χ0v) is 11.8. The Labute approximate surface area is 111 Å². The molecule has 0 amide bonds. The number of hydrogen-bond acceptors (Lipinski definition) is 4. The molecule has 0 radical (unpaired) electrons. The lowest BCUT2D eigenvalue weighted by atomic mass is 9.90. The largest absolute Gasteiger partial charge is 0.308 e. The van der Waals surface area contributed by atoms with E-state index in [1.807, 2.05) is 0 Å². The second kappa shape index (κ2) is 5.45. The van der Waals surface area contributed by atoms with Crippen LogP contribution in [-0.4, -0.2) is 66.4 Å². The van der Waals surface area contributed by atoms with E-state index in [0.717, 1.165) is 0 Å². The minimum atomic E-state index is 0.375. The van der Waals surface area contributed by atoms with Crippen LogP contribution in [0.5, 0.6) is 0 Å². The molecule has 18 heavy (non-hydrogen) atoms. The Morgan fingerprint density at radius 2 is 1.39 bits per heavy atom. The first-order valence-corrected chi connectivity index (χ1v) is 7.72. The number of rotatable bonds is 7. The molecule has 4 nitrogen and oxygen atoms in total. The summed E-state index contributed by atoms with van der Waals surface area (Å²) in [5.41, 5.74) is 0.375. The maximum atomic E-state index is 3.88. The average Bonchev–Trinajstić information content (AvgIpc) is 2.32. The first-order chi connectivity index (χ1) is 8.80. The van der Waals surface area contributed by atoms with Gasteiger partial charge in [0.15, 0.2) is 0 Å². The molecular formula is C14H28N4. The maximum absolute atomic E-state index is 3.88. The van der Waals surface area contributed by atoms with Gasteiger partial charge in [0.25, 0.3) is 0 Å². The molecule has 0 saturated carbocycles. The molecule has 1 N–H and O–H groups in total. The second-order valence-corrected chi connectivity index (χ2v) is 6.53. The van der Waals surface area contributed by atoms with Crippen LogP contribution in [0.2, 0.25) is 0 Å². The summed E-state index contributed by atoms with van der Waals surface area (Å²) >= 11 is 0. The van der Waals surface area contributed by atoms with Gasteiger partial charge in [0.1, 0.15) is 0 Å². The molecule has 0 aromatic carbocycles. The lowest BCUT2D eigenvalue weighted by Gasteiger charge is -2.60. The third kappa shape index (κ3) is 2.72. The Kier molecular flexibility index (Phi) is 3.89. The standard InChI is InChI=1S/C14H28N4/c1-2-3-4-5-6-7-15-14-8-16-11-17(9-14)13-18(10-14)12-16/h15H,2-13H2,1H3. The smallest absolute Gasteiger partial charge is 0.0569 e. The summed E-state index contributed by atoms with van der Waals surface area (Å²) in [5.74, 6) is 0. The van der Waals surface area contributed by atoms with Crippen molar-refractivity contribution in [2.45, 2.75) is 44.6 Å². The molecule has 0 unspecified atom stereocenters.